The van der Waals surface area contributed by atoms with Crippen LogP contribution in [0.4, 0.5) is 4.79 Å². The van der Waals surface area contributed by atoms with E-state index in [1.54, 1.807) is 0 Å². The van der Waals surface area contributed by atoms with Gasteiger partial charge in [-0.15, -0.1) is 11.6 Å². The van der Waals surface area contributed by atoms with Gasteiger partial charge in [0.1, 0.15) is 0 Å². The van der Waals surface area contributed by atoms with Gasteiger partial charge in [0.25, 0.3) is 0 Å². The number of carbonyl (C=O) groups is 1. The van der Waals surface area contributed by atoms with E-state index in [9.17, 15) is 4.79 Å². The normalized spacial score (nSPS) is 27.4. The van der Waals surface area contributed by atoms with Crippen molar-refractivity contribution in [1.82, 2.24) is 15.8 Å². The van der Waals surface area contributed by atoms with Crippen LogP contribution in [0.2, 0.25) is 0 Å². The summed E-state index contributed by atoms with van der Waals surface area (Å²) in [5, 5.41) is 4.73. The Bertz CT molecular complexity index is 203. The van der Waals surface area contributed by atoms with E-state index in [4.69, 9.17) is 11.6 Å². The van der Waals surface area contributed by atoms with Crippen LogP contribution in [0.5, 0.6) is 0 Å². The summed E-state index contributed by atoms with van der Waals surface area (Å²) in [7, 11) is 0. The molecule has 1 aliphatic heterocycles. The number of amides is 2. The van der Waals surface area contributed by atoms with Gasteiger partial charge in [0.15, 0.2) is 0 Å². The molecule has 1 rings (SSSR count). The molecule has 15 heavy (non-hydrogen) atoms. The van der Waals surface area contributed by atoms with Crippen LogP contribution in [0.15, 0.2) is 0 Å². The molecule has 0 saturated carbocycles. The summed E-state index contributed by atoms with van der Waals surface area (Å²) >= 11 is 5.49. The predicted molar refractivity (Wildman–Crippen MR) is 61.9 cm³/mol. The molecule has 2 unspecified atom stereocenters. The first-order valence-electron chi connectivity index (χ1n) is 5.54. The van der Waals surface area contributed by atoms with E-state index in [1.807, 2.05) is 5.01 Å². The summed E-state index contributed by atoms with van der Waals surface area (Å²) < 4.78 is 0. The molecule has 1 saturated heterocycles. The van der Waals surface area contributed by atoms with E-state index in [2.05, 4.69) is 24.6 Å². The lowest BCUT2D eigenvalue weighted by molar-refractivity contribution is 0.0596. The summed E-state index contributed by atoms with van der Waals surface area (Å²) in [5.74, 6) is 0.443. The number of alkyl halides is 1. The quantitative estimate of drug-likeness (QED) is 0.729. The lowest BCUT2D eigenvalue weighted by atomic mass is 10.00. The first-order chi connectivity index (χ1) is 7.15. The Morgan fingerprint density at radius 3 is 2.53 bits per heavy atom. The number of carbonyl (C=O) groups excluding carboxylic acids is 1. The summed E-state index contributed by atoms with van der Waals surface area (Å²) in [4.78, 5) is 11.4. The van der Waals surface area contributed by atoms with E-state index in [0.717, 1.165) is 12.8 Å². The second kappa shape index (κ2) is 6.18. The molecule has 1 aliphatic rings. The molecular weight excluding hydrogens is 214 g/mol. The van der Waals surface area contributed by atoms with Crippen LogP contribution in [0, 0.1) is 0 Å². The maximum Gasteiger partial charge on any atom is 0.329 e. The van der Waals surface area contributed by atoms with Gasteiger partial charge in [-0.25, -0.2) is 9.80 Å². The zero-order chi connectivity index (χ0) is 11.3. The second-order valence-corrected chi connectivity index (χ2v) is 4.47. The van der Waals surface area contributed by atoms with E-state index in [1.165, 1.54) is 6.42 Å². The molecule has 1 heterocycles. The zero-order valence-electron chi connectivity index (χ0n) is 9.42. The highest BCUT2D eigenvalue weighted by Crippen LogP contribution is 2.19. The maximum atomic E-state index is 11.4. The van der Waals surface area contributed by atoms with Gasteiger partial charge in [-0.05, 0) is 26.7 Å². The monoisotopic (exact) mass is 233 g/mol. The summed E-state index contributed by atoms with van der Waals surface area (Å²) in [5.41, 5.74) is 2.88. The highest BCUT2D eigenvalue weighted by molar-refractivity contribution is 6.18. The molecule has 0 aromatic rings. The number of rotatable bonds is 3. The minimum absolute atomic E-state index is 0.156. The Kier molecular flexibility index (Phi) is 5.19. The Morgan fingerprint density at radius 1 is 1.40 bits per heavy atom. The van der Waals surface area contributed by atoms with Gasteiger partial charge < -0.3 is 5.32 Å². The average Bonchev–Trinajstić information content (AvgIpc) is 2.21. The van der Waals surface area contributed by atoms with Gasteiger partial charge in [-0.1, -0.05) is 6.42 Å². The van der Waals surface area contributed by atoms with Crippen molar-refractivity contribution < 1.29 is 4.79 Å². The Hall–Kier alpha value is -0.480. The molecular formula is C10H20ClN3O. The van der Waals surface area contributed by atoms with Crippen molar-refractivity contribution in [3.05, 3.63) is 0 Å². The Balaban J connectivity index is 2.37. The molecule has 0 radical (unpaired) electrons. The van der Waals surface area contributed by atoms with Crippen LogP contribution < -0.4 is 10.7 Å². The molecule has 0 aliphatic carbocycles. The van der Waals surface area contributed by atoms with Gasteiger partial charge in [0.2, 0.25) is 0 Å². The first kappa shape index (κ1) is 12.6. The molecule has 2 amide bonds. The van der Waals surface area contributed by atoms with Gasteiger partial charge in [-0.2, -0.15) is 0 Å². The van der Waals surface area contributed by atoms with E-state index < -0.39 is 0 Å². The first-order valence-corrected chi connectivity index (χ1v) is 6.07. The van der Waals surface area contributed by atoms with Gasteiger partial charge in [0.05, 0.1) is 0 Å². The molecule has 1 fully saturated rings. The highest BCUT2D eigenvalue weighted by atomic mass is 35.5. The second-order valence-electron chi connectivity index (χ2n) is 4.09. The number of nitrogens with zero attached hydrogens (tertiary/aromatic N) is 1. The van der Waals surface area contributed by atoms with Gasteiger partial charge >= 0.3 is 6.03 Å². The average molecular weight is 234 g/mol. The van der Waals surface area contributed by atoms with Crippen molar-refractivity contribution in [2.75, 3.05) is 12.4 Å². The molecule has 2 atom stereocenters. The number of piperidine rings is 1. The maximum absolute atomic E-state index is 11.4. The van der Waals surface area contributed by atoms with Crippen LogP contribution in [-0.2, 0) is 0 Å². The standard InChI is InChI=1S/C10H20ClN3O/c1-8-4-3-5-9(2)14(8)13-10(15)12-7-6-11/h8-9H,3-7H2,1-2H3,(H2,12,13,15). The zero-order valence-corrected chi connectivity index (χ0v) is 10.2. The van der Waals surface area contributed by atoms with E-state index in [-0.39, 0.29) is 6.03 Å². The van der Waals surface area contributed by atoms with E-state index in [0.29, 0.717) is 24.5 Å². The largest absolute Gasteiger partial charge is 0.336 e. The van der Waals surface area contributed by atoms with Crippen LogP contribution in [0.3, 0.4) is 0 Å². The number of urea groups is 1. The summed E-state index contributed by atoms with van der Waals surface area (Å²) in [6.07, 6.45) is 3.52. The van der Waals surface area contributed by atoms with Crippen molar-refractivity contribution in [2.45, 2.75) is 45.2 Å². The smallest absolute Gasteiger partial charge is 0.329 e. The molecule has 0 bridgehead atoms. The Labute approximate surface area is 96.3 Å². The summed E-state index contributed by atoms with van der Waals surface area (Å²) in [6, 6.07) is 0.669. The third kappa shape index (κ3) is 3.87. The SMILES string of the molecule is CC1CCCC(C)N1NC(=O)NCCCl. The molecule has 88 valence electrons. The topological polar surface area (TPSA) is 44.4 Å². The third-order valence-corrected chi connectivity index (χ3v) is 2.99. The van der Waals surface area contributed by atoms with Crippen molar-refractivity contribution in [3.8, 4) is 0 Å². The number of halogens is 1. The predicted octanol–water partition coefficient (Wildman–Crippen LogP) is 1.70. The lowest BCUT2D eigenvalue weighted by Crippen LogP contribution is -2.56. The minimum atomic E-state index is -0.156. The molecule has 5 heteroatoms. The molecule has 4 nitrogen and oxygen atoms in total. The third-order valence-electron chi connectivity index (χ3n) is 2.80. The van der Waals surface area contributed by atoms with Crippen molar-refractivity contribution in [2.24, 2.45) is 0 Å². The fourth-order valence-electron chi connectivity index (χ4n) is 1.96. The number of hydrazine groups is 1. The van der Waals surface area contributed by atoms with Crippen LogP contribution in [-0.4, -0.2) is 35.5 Å². The van der Waals surface area contributed by atoms with Crippen molar-refractivity contribution in [3.63, 3.8) is 0 Å². The van der Waals surface area contributed by atoms with Gasteiger partial charge in [0, 0.05) is 24.5 Å². The highest BCUT2D eigenvalue weighted by Gasteiger charge is 2.25. The van der Waals surface area contributed by atoms with E-state index >= 15 is 0 Å². The number of hydrogen-bond donors (Lipinski definition) is 2. The molecule has 0 aromatic heterocycles. The van der Waals surface area contributed by atoms with Crippen LogP contribution in [0.25, 0.3) is 0 Å². The fourth-order valence-corrected chi connectivity index (χ4v) is 2.05. The van der Waals surface area contributed by atoms with Crippen molar-refractivity contribution >= 4 is 17.6 Å². The summed E-state index contributed by atoms with van der Waals surface area (Å²) in [6.45, 7) is 4.78. The number of nitrogens with one attached hydrogen (secondary N) is 2. The molecule has 2 N–H and O–H groups in total. The lowest BCUT2D eigenvalue weighted by Gasteiger charge is -2.38. The molecule has 0 aromatic carbocycles. The number of hydrogen-bond acceptors (Lipinski definition) is 2. The fraction of sp³-hybridized carbons (Fsp3) is 0.900. The van der Waals surface area contributed by atoms with Crippen LogP contribution >= 0.6 is 11.6 Å². The Morgan fingerprint density at radius 2 is 2.00 bits per heavy atom. The molecule has 0 spiro atoms. The van der Waals surface area contributed by atoms with Crippen LogP contribution in [0.1, 0.15) is 33.1 Å². The van der Waals surface area contributed by atoms with Gasteiger partial charge in [-0.3, -0.25) is 5.43 Å². The minimum Gasteiger partial charge on any atom is -0.336 e. The van der Waals surface area contributed by atoms with Crippen molar-refractivity contribution in [1.29, 1.82) is 0 Å².